The second-order valence-corrected chi connectivity index (χ2v) is 4.46. The lowest BCUT2D eigenvalue weighted by Gasteiger charge is -2.17. The Morgan fingerprint density at radius 1 is 1.35 bits per heavy atom. The van der Waals surface area contributed by atoms with Crippen LogP contribution in [0.3, 0.4) is 0 Å². The largest absolute Gasteiger partial charge is 0.496 e. The van der Waals surface area contributed by atoms with Crippen LogP contribution in [0.15, 0.2) is 18.2 Å². The van der Waals surface area contributed by atoms with E-state index in [-0.39, 0.29) is 5.97 Å². The van der Waals surface area contributed by atoms with E-state index in [0.29, 0.717) is 0 Å². The number of carbonyl (C=O) groups is 1. The van der Waals surface area contributed by atoms with E-state index in [1.807, 2.05) is 12.1 Å². The molecule has 1 fully saturated rings. The Morgan fingerprint density at radius 2 is 2.06 bits per heavy atom. The van der Waals surface area contributed by atoms with E-state index in [1.165, 1.54) is 12.7 Å². The molecule has 0 heterocycles. The second-order valence-electron chi connectivity index (χ2n) is 4.46. The van der Waals surface area contributed by atoms with Crippen LogP contribution in [0, 0.1) is 0 Å². The molecule has 0 N–H and O–H groups in total. The Morgan fingerprint density at radius 3 is 2.53 bits per heavy atom. The molecule has 1 aromatic rings. The van der Waals surface area contributed by atoms with Crippen LogP contribution >= 0.6 is 0 Å². The van der Waals surface area contributed by atoms with Gasteiger partial charge in [0.25, 0.3) is 0 Å². The summed E-state index contributed by atoms with van der Waals surface area (Å²) in [6.45, 7) is 2.10. The number of ether oxygens (including phenoxy) is 2. The van der Waals surface area contributed by atoms with Crippen LogP contribution in [-0.4, -0.2) is 20.2 Å². The van der Waals surface area contributed by atoms with E-state index in [0.717, 1.165) is 30.6 Å². The molecule has 0 spiro atoms. The summed E-state index contributed by atoms with van der Waals surface area (Å²) in [5.41, 5.74) is 1.74. The van der Waals surface area contributed by atoms with Crippen molar-refractivity contribution in [2.24, 2.45) is 0 Å². The predicted molar refractivity (Wildman–Crippen MR) is 65.3 cm³/mol. The number of hydrogen-bond donors (Lipinski definition) is 0. The lowest BCUT2D eigenvalue weighted by molar-refractivity contribution is -0.143. The Hall–Kier alpha value is -1.51. The van der Waals surface area contributed by atoms with Crippen molar-refractivity contribution in [2.75, 3.05) is 14.2 Å². The number of hydrogen-bond acceptors (Lipinski definition) is 3. The van der Waals surface area contributed by atoms with E-state index >= 15 is 0 Å². The van der Waals surface area contributed by atoms with Crippen molar-refractivity contribution >= 4 is 5.97 Å². The number of benzene rings is 1. The first kappa shape index (κ1) is 12.0. The van der Waals surface area contributed by atoms with Crippen molar-refractivity contribution in [1.82, 2.24) is 0 Å². The van der Waals surface area contributed by atoms with Crippen molar-refractivity contribution in [3.63, 3.8) is 0 Å². The van der Waals surface area contributed by atoms with E-state index < -0.39 is 5.41 Å². The fourth-order valence-electron chi connectivity index (χ4n) is 2.25. The van der Waals surface area contributed by atoms with Crippen LogP contribution in [0.1, 0.15) is 30.9 Å². The molecular formula is C14H18O3. The average Bonchev–Trinajstić information content (AvgIpc) is 3.18. The van der Waals surface area contributed by atoms with Crippen LogP contribution in [0.5, 0.6) is 5.75 Å². The highest BCUT2D eigenvalue weighted by molar-refractivity contribution is 5.87. The van der Waals surface area contributed by atoms with Crippen molar-refractivity contribution in [2.45, 2.75) is 31.6 Å². The second kappa shape index (κ2) is 4.40. The van der Waals surface area contributed by atoms with Gasteiger partial charge in [0.05, 0.1) is 19.6 Å². The minimum atomic E-state index is -0.453. The van der Waals surface area contributed by atoms with Crippen molar-refractivity contribution in [1.29, 1.82) is 0 Å². The molecule has 0 unspecified atom stereocenters. The first-order chi connectivity index (χ1) is 8.17. The molecule has 0 radical (unpaired) electrons. The van der Waals surface area contributed by atoms with Gasteiger partial charge in [0, 0.05) is 5.56 Å². The third-order valence-corrected chi connectivity index (χ3v) is 3.51. The minimum absolute atomic E-state index is 0.149. The summed E-state index contributed by atoms with van der Waals surface area (Å²) in [5, 5.41) is 0. The molecule has 1 aliphatic rings. The van der Waals surface area contributed by atoms with Gasteiger partial charge in [-0.15, -0.1) is 0 Å². The lowest BCUT2D eigenvalue weighted by Crippen LogP contribution is -2.22. The molecule has 2 rings (SSSR count). The van der Waals surface area contributed by atoms with Crippen molar-refractivity contribution in [3.8, 4) is 5.75 Å². The summed E-state index contributed by atoms with van der Waals surface area (Å²) < 4.78 is 10.3. The smallest absolute Gasteiger partial charge is 0.316 e. The zero-order valence-electron chi connectivity index (χ0n) is 10.6. The zero-order valence-corrected chi connectivity index (χ0v) is 10.6. The number of rotatable bonds is 4. The quantitative estimate of drug-likeness (QED) is 0.751. The summed E-state index contributed by atoms with van der Waals surface area (Å²) in [7, 11) is 3.08. The molecular weight excluding hydrogens is 216 g/mol. The maximum Gasteiger partial charge on any atom is 0.316 e. The van der Waals surface area contributed by atoms with Crippen molar-refractivity contribution < 1.29 is 14.3 Å². The Labute approximate surface area is 102 Å². The van der Waals surface area contributed by atoms with Gasteiger partial charge in [0.1, 0.15) is 5.75 Å². The molecule has 17 heavy (non-hydrogen) atoms. The highest BCUT2D eigenvalue weighted by Crippen LogP contribution is 2.52. The molecule has 3 heteroatoms. The number of esters is 1. The SMILES string of the molecule is CCc1ccc(OC)c(C2(C(=O)OC)CC2)c1. The molecule has 1 aliphatic carbocycles. The maximum atomic E-state index is 11.9. The fraction of sp³-hybridized carbons (Fsp3) is 0.500. The summed E-state index contributed by atoms with van der Waals surface area (Å²) in [6, 6.07) is 6.05. The van der Waals surface area contributed by atoms with Gasteiger partial charge in [-0.1, -0.05) is 19.1 Å². The van der Waals surface area contributed by atoms with Crippen LogP contribution in [0.2, 0.25) is 0 Å². The molecule has 0 aliphatic heterocycles. The predicted octanol–water partition coefficient (Wildman–Crippen LogP) is 2.46. The average molecular weight is 234 g/mol. The minimum Gasteiger partial charge on any atom is -0.496 e. The summed E-state index contributed by atoms with van der Waals surface area (Å²) in [6.07, 6.45) is 2.65. The van der Waals surface area contributed by atoms with Gasteiger partial charge in [-0.05, 0) is 30.9 Å². The van der Waals surface area contributed by atoms with Gasteiger partial charge in [-0.25, -0.2) is 0 Å². The first-order valence-electron chi connectivity index (χ1n) is 5.93. The van der Waals surface area contributed by atoms with E-state index in [2.05, 4.69) is 13.0 Å². The maximum absolute atomic E-state index is 11.9. The highest BCUT2D eigenvalue weighted by atomic mass is 16.5. The Balaban J connectivity index is 2.46. The molecule has 0 bridgehead atoms. The van der Waals surface area contributed by atoms with Gasteiger partial charge in [-0.2, -0.15) is 0 Å². The zero-order chi connectivity index (χ0) is 12.5. The molecule has 92 valence electrons. The van der Waals surface area contributed by atoms with Gasteiger partial charge in [-0.3, -0.25) is 4.79 Å². The Bertz CT molecular complexity index is 433. The molecule has 0 amide bonds. The van der Waals surface area contributed by atoms with Crippen LogP contribution in [0.4, 0.5) is 0 Å². The summed E-state index contributed by atoms with van der Waals surface area (Å²) in [4.78, 5) is 11.9. The first-order valence-corrected chi connectivity index (χ1v) is 5.93. The topological polar surface area (TPSA) is 35.5 Å². The molecule has 0 saturated heterocycles. The molecule has 0 atom stereocenters. The number of carbonyl (C=O) groups excluding carboxylic acids is 1. The van der Waals surface area contributed by atoms with E-state index in [4.69, 9.17) is 9.47 Å². The van der Waals surface area contributed by atoms with E-state index in [9.17, 15) is 4.79 Å². The summed E-state index contributed by atoms with van der Waals surface area (Å²) >= 11 is 0. The Kier molecular flexibility index (Phi) is 3.09. The fourth-order valence-corrected chi connectivity index (χ4v) is 2.25. The van der Waals surface area contributed by atoms with Crippen LogP contribution in [0.25, 0.3) is 0 Å². The number of aryl methyl sites for hydroxylation is 1. The third-order valence-electron chi connectivity index (χ3n) is 3.51. The van der Waals surface area contributed by atoms with E-state index in [1.54, 1.807) is 7.11 Å². The van der Waals surface area contributed by atoms with Crippen LogP contribution in [-0.2, 0) is 21.4 Å². The lowest BCUT2D eigenvalue weighted by atomic mass is 9.93. The number of methoxy groups -OCH3 is 2. The van der Waals surface area contributed by atoms with Crippen LogP contribution < -0.4 is 4.74 Å². The molecule has 1 aromatic carbocycles. The third kappa shape index (κ3) is 1.90. The molecule has 0 aromatic heterocycles. The molecule has 3 nitrogen and oxygen atoms in total. The van der Waals surface area contributed by atoms with Gasteiger partial charge >= 0.3 is 5.97 Å². The van der Waals surface area contributed by atoms with Gasteiger partial charge in [0.15, 0.2) is 0 Å². The normalized spacial score (nSPS) is 16.4. The molecule has 1 saturated carbocycles. The standard InChI is InChI=1S/C14H18O3/c1-4-10-5-6-12(16-2)11(9-10)14(7-8-14)13(15)17-3/h5-6,9H,4,7-8H2,1-3H3. The highest BCUT2D eigenvalue weighted by Gasteiger charge is 2.54. The summed E-state index contributed by atoms with van der Waals surface area (Å²) in [5.74, 6) is 0.633. The monoisotopic (exact) mass is 234 g/mol. The van der Waals surface area contributed by atoms with Gasteiger partial charge in [0.2, 0.25) is 0 Å². The van der Waals surface area contributed by atoms with Crippen molar-refractivity contribution in [3.05, 3.63) is 29.3 Å². The van der Waals surface area contributed by atoms with Gasteiger partial charge < -0.3 is 9.47 Å².